The van der Waals surface area contributed by atoms with E-state index in [4.69, 9.17) is 4.52 Å². The maximum absolute atomic E-state index is 5.57. The van der Waals surface area contributed by atoms with Crippen LogP contribution >= 0.6 is 0 Å². The first-order valence-electron chi connectivity index (χ1n) is 8.29. The van der Waals surface area contributed by atoms with Crippen molar-refractivity contribution in [1.29, 1.82) is 0 Å². The normalized spacial score (nSPS) is 10.7. The molecule has 1 aromatic carbocycles. The first kappa shape index (κ1) is 16.0. The summed E-state index contributed by atoms with van der Waals surface area (Å²) in [6, 6.07) is 15.7. The lowest BCUT2D eigenvalue weighted by Crippen LogP contribution is -2.04. The summed E-state index contributed by atoms with van der Waals surface area (Å²) in [5.74, 6) is 1.26. The molecule has 0 unspecified atom stereocenters. The highest BCUT2D eigenvalue weighted by Crippen LogP contribution is 2.33. The van der Waals surface area contributed by atoms with Gasteiger partial charge in [-0.1, -0.05) is 41.6 Å². The molecule has 0 saturated carbocycles. The van der Waals surface area contributed by atoms with Crippen LogP contribution in [0.5, 0.6) is 0 Å². The van der Waals surface area contributed by atoms with Crippen LogP contribution in [-0.4, -0.2) is 20.1 Å². The van der Waals surface area contributed by atoms with E-state index in [1.807, 2.05) is 61.7 Å². The molecule has 0 aliphatic carbocycles. The van der Waals surface area contributed by atoms with Crippen molar-refractivity contribution in [3.8, 4) is 22.6 Å². The predicted octanol–water partition coefficient (Wildman–Crippen LogP) is 4.11. The highest BCUT2D eigenvalue weighted by Gasteiger charge is 2.18. The van der Waals surface area contributed by atoms with Crippen molar-refractivity contribution >= 4 is 5.95 Å². The largest absolute Gasteiger partial charge is 0.355 e. The van der Waals surface area contributed by atoms with E-state index in [2.05, 4.69) is 25.4 Å². The summed E-state index contributed by atoms with van der Waals surface area (Å²) in [5, 5.41) is 7.36. The van der Waals surface area contributed by atoms with Gasteiger partial charge in [-0.3, -0.25) is 4.98 Å². The molecule has 0 aliphatic heterocycles. The highest BCUT2D eigenvalue weighted by molar-refractivity contribution is 5.79. The number of rotatable bonds is 5. The maximum atomic E-state index is 5.57. The molecule has 0 spiro atoms. The van der Waals surface area contributed by atoms with Crippen LogP contribution in [0.25, 0.3) is 22.6 Å². The van der Waals surface area contributed by atoms with Gasteiger partial charge in [0.2, 0.25) is 5.95 Å². The zero-order valence-electron chi connectivity index (χ0n) is 14.3. The molecule has 4 aromatic rings. The molecule has 6 nitrogen and oxygen atoms in total. The second kappa shape index (κ2) is 7.14. The predicted molar refractivity (Wildman–Crippen MR) is 99.3 cm³/mol. The molecule has 3 heterocycles. The molecule has 3 aromatic heterocycles. The van der Waals surface area contributed by atoms with E-state index in [-0.39, 0.29) is 0 Å². The first-order chi connectivity index (χ1) is 12.8. The van der Waals surface area contributed by atoms with Gasteiger partial charge in [0, 0.05) is 30.7 Å². The SMILES string of the molecule is Cc1noc(-c2ccccc2)c1-c1ccnc(NCc2cccnc2)n1. The summed E-state index contributed by atoms with van der Waals surface area (Å²) < 4.78 is 5.57. The summed E-state index contributed by atoms with van der Waals surface area (Å²) in [6.45, 7) is 2.52. The maximum Gasteiger partial charge on any atom is 0.223 e. The molecule has 1 N–H and O–H groups in total. The highest BCUT2D eigenvalue weighted by atomic mass is 16.5. The molecule has 128 valence electrons. The average molecular weight is 343 g/mol. The number of benzene rings is 1. The molecular formula is C20H17N5O. The Hall–Kier alpha value is -3.54. The van der Waals surface area contributed by atoms with Gasteiger partial charge < -0.3 is 9.84 Å². The second-order valence-electron chi connectivity index (χ2n) is 5.82. The van der Waals surface area contributed by atoms with Crippen molar-refractivity contribution in [2.24, 2.45) is 0 Å². The second-order valence-corrected chi connectivity index (χ2v) is 5.82. The van der Waals surface area contributed by atoms with Crippen LogP contribution in [0.3, 0.4) is 0 Å². The average Bonchev–Trinajstić information content (AvgIpc) is 3.09. The number of hydrogen-bond acceptors (Lipinski definition) is 6. The van der Waals surface area contributed by atoms with Crippen LogP contribution < -0.4 is 5.32 Å². The molecule has 0 aliphatic rings. The summed E-state index contributed by atoms with van der Waals surface area (Å²) >= 11 is 0. The lowest BCUT2D eigenvalue weighted by atomic mass is 10.0. The summed E-state index contributed by atoms with van der Waals surface area (Å²) in [4.78, 5) is 13.0. The van der Waals surface area contributed by atoms with E-state index in [0.717, 1.165) is 28.1 Å². The van der Waals surface area contributed by atoms with E-state index in [1.165, 1.54) is 0 Å². The third-order valence-corrected chi connectivity index (χ3v) is 3.98. The van der Waals surface area contributed by atoms with Crippen molar-refractivity contribution in [2.75, 3.05) is 5.32 Å². The Labute approximate surface area is 151 Å². The van der Waals surface area contributed by atoms with Crippen LogP contribution in [0.1, 0.15) is 11.3 Å². The van der Waals surface area contributed by atoms with Crippen molar-refractivity contribution in [1.82, 2.24) is 20.1 Å². The zero-order valence-corrected chi connectivity index (χ0v) is 14.3. The van der Waals surface area contributed by atoms with Gasteiger partial charge in [-0.25, -0.2) is 9.97 Å². The van der Waals surface area contributed by atoms with Gasteiger partial charge in [-0.2, -0.15) is 0 Å². The third kappa shape index (κ3) is 3.30. The molecule has 0 amide bonds. The minimum Gasteiger partial charge on any atom is -0.355 e. The van der Waals surface area contributed by atoms with E-state index in [0.29, 0.717) is 18.3 Å². The Morgan fingerprint density at radius 2 is 1.88 bits per heavy atom. The molecule has 0 fully saturated rings. The number of hydrogen-bond donors (Lipinski definition) is 1. The Bertz CT molecular complexity index is 999. The summed E-state index contributed by atoms with van der Waals surface area (Å²) in [6.07, 6.45) is 5.30. The Kier molecular flexibility index (Phi) is 4.38. The van der Waals surface area contributed by atoms with Gasteiger partial charge in [0.25, 0.3) is 0 Å². The minimum absolute atomic E-state index is 0.547. The summed E-state index contributed by atoms with van der Waals surface area (Å²) in [7, 11) is 0. The molecule has 4 rings (SSSR count). The minimum atomic E-state index is 0.547. The molecule has 0 saturated heterocycles. The molecule has 26 heavy (non-hydrogen) atoms. The number of aromatic nitrogens is 4. The fourth-order valence-electron chi connectivity index (χ4n) is 2.72. The standard InChI is InChI=1S/C20H17N5O/c1-14-18(19(26-25-14)16-7-3-2-4-8-16)17-9-11-22-20(24-17)23-13-15-6-5-10-21-12-15/h2-12H,13H2,1H3,(H,22,23,24). The van der Waals surface area contributed by atoms with Gasteiger partial charge in [-0.15, -0.1) is 0 Å². The number of pyridine rings is 1. The van der Waals surface area contributed by atoms with Crippen LogP contribution in [0.4, 0.5) is 5.95 Å². The fourth-order valence-corrected chi connectivity index (χ4v) is 2.72. The Balaban J connectivity index is 1.64. The lowest BCUT2D eigenvalue weighted by Gasteiger charge is -2.07. The van der Waals surface area contributed by atoms with Gasteiger partial charge in [0.15, 0.2) is 5.76 Å². The van der Waals surface area contributed by atoms with E-state index in [9.17, 15) is 0 Å². The topological polar surface area (TPSA) is 76.7 Å². The van der Waals surface area contributed by atoms with Crippen LogP contribution in [0.15, 0.2) is 71.6 Å². The quantitative estimate of drug-likeness (QED) is 0.587. The molecule has 0 atom stereocenters. The van der Waals surface area contributed by atoms with Crippen LogP contribution in [0.2, 0.25) is 0 Å². The zero-order chi connectivity index (χ0) is 17.8. The van der Waals surface area contributed by atoms with E-state index >= 15 is 0 Å². The molecular weight excluding hydrogens is 326 g/mol. The number of aryl methyl sites for hydroxylation is 1. The molecule has 0 bridgehead atoms. The monoisotopic (exact) mass is 343 g/mol. The first-order valence-corrected chi connectivity index (χ1v) is 8.29. The Morgan fingerprint density at radius 1 is 1.00 bits per heavy atom. The number of nitrogens with one attached hydrogen (secondary N) is 1. The van der Waals surface area contributed by atoms with E-state index in [1.54, 1.807) is 12.4 Å². The number of anilines is 1. The summed E-state index contributed by atoms with van der Waals surface area (Å²) in [5.41, 5.74) is 4.47. The Morgan fingerprint density at radius 3 is 2.69 bits per heavy atom. The number of nitrogens with zero attached hydrogens (tertiary/aromatic N) is 4. The van der Waals surface area contributed by atoms with Crippen molar-refractivity contribution < 1.29 is 4.52 Å². The van der Waals surface area contributed by atoms with E-state index < -0.39 is 0 Å². The van der Waals surface area contributed by atoms with Gasteiger partial charge in [-0.05, 0) is 24.6 Å². The van der Waals surface area contributed by atoms with Crippen molar-refractivity contribution in [3.63, 3.8) is 0 Å². The molecule has 0 radical (unpaired) electrons. The van der Waals surface area contributed by atoms with Crippen LogP contribution in [-0.2, 0) is 6.54 Å². The third-order valence-electron chi connectivity index (χ3n) is 3.98. The van der Waals surface area contributed by atoms with Gasteiger partial charge >= 0.3 is 0 Å². The molecule has 6 heteroatoms. The fraction of sp³-hybridized carbons (Fsp3) is 0.100. The van der Waals surface area contributed by atoms with Crippen molar-refractivity contribution in [2.45, 2.75) is 13.5 Å². The van der Waals surface area contributed by atoms with Gasteiger partial charge in [0.1, 0.15) is 0 Å². The smallest absolute Gasteiger partial charge is 0.223 e. The van der Waals surface area contributed by atoms with Gasteiger partial charge in [0.05, 0.1) is 17.0 Å². The van der Waals surface area contributed by atoms with Crippen molar-refractivity contribution in [3.05, 3.63) is 78.4 Å². The van der Waals surface area contributed by atoms with Crippen LogP contribution in [0, 0.1) is 6.92 Å². The lowest BCUT2D eigenvalue weighted by molar-refractivity contribution is 0.427.